The van der Waals surface area contributed by atoms with E-state index in [-0.39, 0.29) is 17.9 Å². The number of carbonyl (C=O) groups excluding carboxylic acids is 2. The molecule has 0 aliphatic heterocycles. The number of hydrogen-bond acceptors (Lipinski definition) is 4. The smallest absolute Gasteiger partial charge is 0.328 e. The van der Waals surface area contributed by atoms with Gasteiger partial charge in [0.15, 0.2) is 0 Å². The Labute approximate surface area is 133 Å². The average Bonchev–Trinajstić information content (AvgIpc) is 3.04. The lowest BCUT2D eigenvalue weighted by Gasteiger charge is -2.16. The second-order valence-corrected chi connectivity index (χ2v) is 5.01. The number of benzene rings is 1. The maximum Gasteiger partial charge on any atom is 0.328 e. The van der Waals surface area contributed by atoms with Crippen LogP contribution >= 0.6 is 0 Å². The fourth-order valence-electron chi connectivity index (χ4n) is 2.08. The molecular weight excluding hydrogens is 301 g/mol. The summed E-state index contributed by atoms with van der Waals surface area (Å²) in [6, 6.07) is 6.46. The first kappa shape index (κ1) is 16.7. The third kappa shape index (κ3) is 4.38. The van der Waals surface area contributed by atoms with Crippen LogP contribution in [0.4, 0.5) is 4.39 Å². The van der Waals surface area contributed by atoms with E-state index in [1.165, 1.54) is 19.2 Å². The summed E-state index contributed by atoms with van der Waals surface area (Å²) in [5.74, 6) is -1.41. The maximum atomic E-state index is 12.9. The van der Waals surface area contributed by atoms with E-state index in [2.05, 4.69) is 15.5 Å². The molecule has 1 amide bonds. The van der Waals surface area contributed by atoms with Crippen LogP contribution in [0.5, 0.6) is 0 Å². The molecule has 0 bridgehead atoms. The van der Waals surface area contributed by atoms with Gasteiger partial charge in [0.2, 0.25) is 0 Å². The van der Waals surface area contributed by atoms with Crippen LogP contribution in [0, 0.1) is 5.82 Å². The summed E-state index contributed by atoms with van der Waals surface area (Å²) in [6.45, 7) is 1.93. The van der Waals surface area contributed by atoms with Crippen LogP contribution in [0.1, 0.15) is 28.7 Å². The van der Waals surface area contributed by atoms with Gasteiger partial charge < -0.3 is 10.1 Å². The predicted molar refractivity (Wildman–Crippen MR) is 81.3 cm³/mol. The van der Waals surface area contributed by atoms with Crippen molar-refractivity contribution < 1.29 is 18.7 Å². The Balaban J connectivity index is 2.10. The molecule has 0 aliphatic rings. The number of rotatable bonds is 6. The molecule has 6 nitrogen and oxygen atoms in total. The lowest BCUT2D eigenvalue weighted by atomic mass is 10.1. The van der Waals surface area contributed by atoms with Crippen LogP contribution in [-0.4, -0.2) is 35.2 Å². The number of hydrogen-bond donors (Lipinski definition) is 2. The van der Waals surface area contributed by atoms with Gasteiger partial charge in [-0.3, -0.25) is 9.89 Å². The van der Waals surface area contributed by atoms with E-state index >= 15 is 0 Å². The van der Waals surface area contributed by atoms with Crippen molar-refractivity contribution in [3.63, 3.8) is 0 Å². The fraction of sp³-hybridized carbons (Fsp3) is 0.312. The van der Waals surface area contributed by atoms with Crippen LogP contribution in [0.15, 0.2) is 30.3 Å². The standard InChI is InChI=1S/C16H18FN3O3/c1-3-12-9-13(20-19-12)15(21)18-14(16(22)23-2)8-10-4-6-11(17)7-5-10/h4-7,9,14H,3,8H2,1-2H3,(H,18,21)(H,19,20)/t14-/m0/s1. The molecule has 0 radical (unpaired) electrons. The first-order valence-corrected chi connectivity index (χ1v) is 7.21. The van der Waals surface area contributed by atoms with Crippen molar-refractivity contribution in [3.8, 4) is 0 Å². The lowest BCUT2D eigenvalue weighted by molar-refractivity contribution is -0.142. The van der Waals surface area contributed by atoms with Gasteiger partial charge in [0.05, 0.1) is 7.11 Å². The summed E-state index contributed by atoms with van der Waals surface area (Å²) < 4.78 is 17.7. The van der Waals surface area contributed by atoms with Gasteiger partial charge in [-0.1, -0.05) is 19.1 Å². The number of esters is 1. The van der Waals surface area contributed by atoms with Gasteiger partial charge in [-0.25, -0.2) is 9.18 Å². The Hall–Kier alpha value is -2.70. The Morgan fingerprint density at radius 1 is 1.35 bits per heavy atom. The molecule has 0 fully saturated rings. The maximum absolute atomic E-state index is 12.9. The molecular formula is C16H18FN3O3. The van der Waals surface area contributed by atoms with Crippen molar-refractivity contribution in [1.29, 1.82) is 0 Å². The summed E-state index contributed by atoms with van der Waals surface area (Å²) in [6.07, 6.45) is 0.917. The highest BCUT2D eigenvalue weighted by Crippen LogP contribution is 2.08. The molecule has 2 N–H and O–H groups in total. The summed E-state index contributed by atoms with van der Waals surface area (Å²) in [4.78, 5) is 24.1. The predicted octanol–water partition coefficient (Wildman–Crippen LogP) is 1.63. The molecule has 7 heteroatoms. The van der Waals surface area contributed by atoms with E-state index in [0.29, 0.717) is 5.56 Å². The number of halogens is 1. The number of aromatic amines is 1. The van der Waals surface area contributed by atoms with Gasteiger partial charge >= 0.3 is 5.97 Å². The molecule has 0 saturated carbocycles. The van der Waals surface area contributed by atoms with E-state index < -0.39 is 17.9 Å². The zero-order valence-electron chi connectivity index (χ0n) is 12.9. The highest BCUT2D eigenvalue weighted by atomic mass is 19.1. The Morgan fingerprint density at radius 2 is 2.04 bits per heavy atom. The van der Waals surface area contributed by atoms with E-state index in [1.807, 2.05) is 6.92 Å². The quantitative estimate of drug-likeness (QED) is 0.793. The fourth-order valence-corrected chi connectivity index (χ4v) is 2.08. The second kappa shape index (κ2) is 7.53. The van der Waals surface area contributed by atoms with Gasteiger partial charge in [0.25, 0.3) is 5.91 Å². The van der Waals surface area contributed by atoms with Crippen molar-refractivity contribution in [1.82, 2.24) is 15.5 Å². The van der Waals surface area contributed by atoms with Gasteiger partial charge in [-0.05, 0) is 30.2 Å². The summed E-state index contributed by atoms with van der Waals surface area (Å²) >= 11 is 0. The number of methoxy groups -OCH3 is 1. The average molecular weight is 319 g/mol. The zero-order chi connectivity index (χ0) is 16.8. The van der Waals surface area contributed by atoms with Crippen LogP contribution in [-0.2, 0) is 22.4 Å². The van der Waals surface area contributed by atoms with Crippen molar-refractivity contribution in [2.75, 3.05) is 7.11 Å². The van der Waals surface area contributed by atoms with Gasteiger partial charge in [0.1, 0.15) is 17.6 Å². The third-order valence-corrected chi connectivity index (χ3v) is 3.39. The van der Waals surface area contributed by atoms with Crippen LogP contribution in [0.25, 0.3) is 0 Å². The second-order valence-electron chi connectivity index (χ2n) is 5.01. The van der Waals surface area contributed by atoms with Crippen molar-refractivity contribution in [2.45, 2.75) is 25.8 Å². The molecule has 0 aliphatic carbocycles. The number of nitrogens with zero attached hydrogens (tertiary/aromatic N) is 1. The molecule has 0 unspecified atom stereocenters. The van der Waals surface area contributed by atoms with Crippen molar-refractivity contribution in [3.05, 3.63) is 53.1 Å². The molecule has 23 heavy (non-hydrogen) atoms. The van der Waals surface area contributed by atoms with E-state index in [1.54, 1.807) is 18.2 Å². The van der Waals surface area contributed by atoms with E-state index in [9.17, 15) is 14.0 Å². The first-order valence-electron chi connectivity index (χ1n) is 7.21. The van der Waals surface area contributed by atoms with Crippen LogP contribution in [0.3, 0.4) is 0 Å². The Kier molecular flexibility index (Phi) is 5.46. The van der Waals surface area contributed by atoms with Crippen LogP contribution in [0.2, 0.25) is 0 Å². The minimum Gasteiger partial charge on any atom is -0.467 e. The molecule has 2 rings (SSSR count). The minimum atomic E-state index is -0.875. The number of aryl methyl sites for hydroxylation is 1. The van der Waals surface area contributed by atoms with E-state index in [4.69, 9.17) is 4.74 Å². The number of nitrogens with one attached hydrogen (secondary N) is 2. The molecule has 1 atom stereocenters. The van der Waals surface area contributed by atoms with Crippen molar-refractivity contribution in [2.24, 2.45) is 0 Å². The minimum absolute atomic E-state index is 0.198. The normalized spacial score (nSPS) is 11.8. The van der Waals surface area contributed by atoms with Crippen molar-refractivity contribution >= 4 is 11.9 Å². The number of amides is 1. The van der Waals surface area contributed by atoms with Crippen LogP contribution < -0.4 is 5.32 Å². The SMILES string of the molecule is CCc1cc(C(=O)N[C@@H](Cc2ccc(F)cc2)C(=O)OC)n[nH]1. The third-order valence-electron chi connectivity index (χ3n) is 3.39. The molecule has 1 aromatic heterocycles. The first-order chi connectivity index (χ1) is 11.0. The number of carbonyl (C=O) groups is 2. The lowest BCUT2D eigenvalue weighted by Crippen LogP contribution is -2.43. The summed E-state index contributed by atoms with van der Waals surface area (Å²) in [5.41, 5.74) is 1.73. The number of aromatic nitrogens is 2. The van der Waals surface area contributed by atoms with Gasteiger partial charge in [0, 0.05) is 12.1 Å². The number of ether oxygens (including phenoxy) is 1. The summed E-state index contributed by atoms with van der Waals surface area (Å²) in [7, 11) is 1.25. The molecule has 0 spiro atoms. The molecule has 1 aromatic carbocycles. The molecule has 1 heterocycles. The zero-order valence-corrected chi connectivity index (χ0v) is 12.9. The highest BCUT2D eigenvalue weighted by Gasteiger charge is 2.23. The van der Waals surface area contributed by atoms with Gasteiger partial charge in [-0.15, -0.1) is 0 Å². The van der Waals surface area contributed by atoms with E-state index in [0.717, 1.165) is 12.1 Å². The number of H-pyrrole nitrogens is 1. The van der Waals surface area contributed by atoms with Gasteiger partial charge in [-0.2, -0.15) is 5.10 Å². The Morgan fingerprint density at radius 3 is 2.61 bits per heavy atom. The highest BCUT2D eigenvalue weighted by molar-refractivity contribution is 5.95. The summed E-state index contributed by atoms with van der Waals surface area (Å²) in [5, 5.41) is 9.24. The largest absolute Gasteiger partial charge is 0.467 e. The molecule has 0 saturated heterocycles. The topological polar surface area (TPSA) is 84.1 Å². The molecule has 122 valence electrons. The Bertz CT molecular complexity index is 682. The molecule has 2 aromatic rings. The monoisotopic (exact) mass is 319 g/mol.